The molecule has 0 bridgehead atoms. The molecule has 1 fully saturated rings. The minimum absolute atomic E-state index is 0.137. The van der Waals surface area contributed by atoms with Gasteiger partial charge in [-0.1, -0.05) is 0 Å². The predicted molar refractivity (Wildman–Crippen MR) is 52.7 cm³/mol. The molecule has 1 aromatic rings. The van der Waals surface area contributed by atoms with Crippen molar-refractivity contribution in [1.29, 1.82) is 0 Å². The predicted octanol–water partition coefficient (Wildman–Crippen LogP) is 1.27. The Labute approximate surface area is 82.0 Å². The Bertz CT molecular complexity index is 263. The number of rotatable bonds is 2. The van der Waals surface area contributed by atoms with Crippen LogP contribution in [0, 0.1) is 0 Å². The van der Waals surface area contributed by atoms with Gasteiger partial charge < -0.3 is 5.11 Å². The number of β-amino-alcohol motifs (C(OH)–C–C–N with tert-alkyl or cyclic N) is 1. The highest BCUT2D eigenvalue weighted by Crippen LogP contribution is 2.25. The lowest BCUT2D eigenvalue weighted by Crippen LogP contribution is -2.25. The smallest absolute Gasteiger partial charge is 0.109 e. The number of aromatic nitrogens is 1. The molecule has 1 unspecified atom stereocenters. The van der Waals surface area contributed by atoms with E-state index >= 15 is 0 Å². The van der Waals surface area contributed by atoms with Crippen LogP contribution in [-0.2, 0) is 0 Å². The molecule has 0 radical (unpaired) electrons. The highest BCUT2D eigenvalue weighted by atomic mass is 32.1. The molecule has 0 saturated carbocycles. The fourth-order valence-corrected chi connectivity index (χ4v) is 2.45. The second-order valence-electron chi connectivity index (χ2n) is 3.48. The maximum absolute atomic E-state index is 9.39. The van der Waals surface area contributed by atoms with Gasteiger partial charge in [0.25, 0.3) is 0 Å². The summed E-state index contributed by atoms with van der Waals surface area (Å²) in [5, 5.41) is 12.5. The minimum atomic E-state index is -0.137. The van der Waals surface area contributed by atoms with Crippen molar-refractivity contribution in [2.45, 2.75) is 25.5 Å². The summed E-state index contributed by atoms with van der Waals surface area (Å²) in [5.41, 5.74) is 0. The highest BCUT2D eigenvalue weighted by molar-refractivity contribution is 7.09. The van der Waals surface area contributed by atoms with E-state index in [0.717, 1.165) is 24.5 Å². The van der Waals surface area contributed by atoms with Gasteiger partial charge in [-0.25, -0.2) is 4.98 Å². The Morgan fingerprint density at radius 2 is 2.62 bits per heavy atom. The van der Waals surface area contributed by atoms with Crippen LogP contribution in [0.1, 0.15) is 24.4 Å². The van der Waals surface area contributed by atoms with Crippen molar-refractivity contribution in [3.05, 3.63) is 16.6 Å². The van der Waals surface area contributed by atoms with Crippen LogP contribution in [0.4, 0.5) is 0 Å². The summed E-state index contributed by atoms with van der Waals surface area (Å²) in [4.78, 5) is 6.56. The van der Waals surface area contributed by atoms with Crippen LogP contribution in [0.2, 0.25) is 0 Å². The molecule has 2 rings (SSSR count). The van der Waals surface area contributed by atoms with Crippen molar-refractivity contribution in [2.24, 2.45) is 0 Å². The third-order valence-electron chi connectivity index (χ3n) is 2.55. The van der Waals surface area contributed by atoms with Gasteiger partial charge in [0.2, 0.25) is 0 Å². The third kappa shape index (κ3) is 1.90. The number of thiazole rings is 1. The quantitative estimate of drug-likeness (QED) is 0.777. The number of hydrogen-bond donors (Lipinski definition) is 1. The van der Waals surface area contributed by atoms with E-state index in [9.17, 15) is 5.11 Å². The first-order valence-electron chi connectivity index (χ1n) is 4.59. The molecule has 0 spiro atoms. The van der Waals surface area contributed by atoms with Crippen LogP contribution in [0.25, 0.3) is 0 Å². The van der Waals surface area contributed by atoms with Crippen molar-refractivity contribution in [3.8, 4) is 0 Å². The molecule has 0 aliphatic carbocycles. The van der Waals surface area contributed by atoms with E-state index in [4.69, 9.17) is 0 Å². The van der Waals surface area contributed by atoms with Gasteiger partial charge in [0, 0.05) is 24.7 Å². The van der Waals surface area contributed by atoms with Gasteiger partial charge in [0.05, 0.1) is 12.1 Å². The van der Waals surface area contributed by atoms with Gasteiger partial charge in [0.15, 0.2) is 0 Å². The van der Waals surface area contributed by atoms with Crippen molar-refractivity contribution < 1.29 is 5.11 Å². The van der Waals surface area contributed by atoms with Gasteiger partial charge >= 0.3 is 0 Å². The number of hydrogen-bond acceptors (Lipinski definition) is 4. The van der Waals surface area contributed by atoms with Gasteiger partial charge in [-0.15, -0.1) is 11.3 Å². The van der Waals surface area contributed by atoms with Crippen LogP contribution in [0.3, 0.4) is 0 Å². The third-order valence-corrected chi connectivity index (χ3v) is 3.50. The van der Waals surface area contributed by atoms with E-state index in [0.29, 0.717) is 6.04 Å². The molecule has 0 amide bonds. The van der Waals surface area contributed by atoms with E-state index in [1.54, 1.807) is 11.3 Å². The van der Waals surface area contributed by atoms with Gasteiger partial charge in [-0.05, 0) is 13.3 Å². The Balaban J connectivity index is 2.02. The Kier molecular flexibility index (Phi) is 2.62. The zero-order valence-corrected chi connectivity index (χ0v) is 8.50. The average molecular weight is 198 g/mol. The summed E-state index contributed by atoms with van der Waals surface area (Å²) in [7, 11) is 0. The fourth-order valence-electron chi connectivity index (χ4n) is 1.72. The molecule has 2 atom stereocenters. The van der Waals surface area contributed by atoms with E-state index in [2.05, 4.69) is 16.8 Å². The molecule has 1 saturated heterocycles. The maximum atomic E-state index is 9.39. The van der Waals surface area contributed by atoms with E-state index in [-0.39, 0.29) is 6.10 Å². The zero-order valence-electron chi connectivity index (χ0n) is 7.68. The second-order valence-corrected chi connectivity index (χ2v) is 4.41. The Hall–Kier alpha value is -0.450. The Morgan fingerprint density at radius 3 is 3.15 bits per heavy atom. The van der Waals surface area contributed by atoms with Crippen LogP contribution in [0.5, 0.6) is 0 Å². The second kappa shape index (κ2) is 3.74. The minimum Gasteiger partial charge on any atom is -0.392 e. The summed E-state index contributed by atoms with van der Waals surface area (Å²) in [5.74, 6) is 0. The van der Waals surface area contributed by atoms with E-state index < -0.39 is 0 Å². The lowest BCUT2D eigenvalue weighted by atomic mass is 10.3. The molecule has 72 valence electrons. The number of nitrogens with zero attached hydrogens (tertiary/aromatic N) is 2. The summed E-state index contributed by atoms with van der Waals surface area (Å²) in [6.07, 6.45) is 2.60. The molecule has 4 heteroatoms. The topological polar surface area (TPSA) is 36.4 Å². The SMILES string of the molecule is CC(c1nccs1)N1CC[C@@H](O)C1. The van der Waals surface area contributed by atoms with E-state index in [1.807, 2.05) is 11.6 Å². The maximum Gasteiger partial charge on any atom is 0.109 e. The molecular formula is C9H14N2OS. The summed E-state index contributed by atoms with van der Waals surface area (Å²) < 4.78 is 0. The average Bonchev–Trinajstić information content (AvgIpc) is 2.72. The Morgan fingerprint density at radius 1 is 1.77 bits per heavy atom. The fraction of sp³-hybridized carbons (Fsp3) is 0.667. The molecule has 1 aliphatic rings. The highest BCUT2D eigenvalue weighted by Gasteiger charge is 2.26. The standard InChI is InChI=1S/C9H14N2OS/c1-7(9-10-3-5-13-9)11-4-2-8(12)6-11/h3,5,7-8,12H,2,4,6H2,1H3/t7?,8-/m1/s1. The van der Waals surface area contributed by atoms with Crippen LogP contribution in [0.15, 0.2) is 11.6 Å². The summed E-state index contributed by atoms with van der Waals surface area (Å²) >= 11 is 1.68. The largest absolute Gasteiger partial charge is 0.392 e. The van der Waals surface area contributed by atoms with Gasteiger partial charge in [0.1, 0.15) is 5.01 Å². The molecule has 2 heterocycles. The van der Waals surface area contributed by atoms with Crippen LogP contribution >= 0.6 is 11.3 Å². The van der Waals surface area contributed by atoms with Crippen molar-refractivity contribution in [1.82, 2.24) is 9.88 Å². The van der Waals surface area contributed by atoms with Gasteiger partial charge in [-0.3, -0.25) is 4.90 Å². The van der Waals surface area contributed by atoms with Gasteiger partial charge in [-0.2, -0.15) is 0 Å². The monoisotopic (exact) mass is 198 g/mol. The van der Waals surface area contributed by atoms with Crippen molar-refractivity contribution in [3.63, 3.8) is 0 Å². The van der Waals surface area contributed by atoms with Crippen molar-refractivity contribution in [2.75, 3.05) is 13.1 Å². The normalized spacial score (nSPS) is 26.5. The van der Waals surface area contributed by atoms with Crippen molar-refractivity contribution >= 4 is 11.3 Å². The molecule has 1 aliphatic heterocycles. The number of likely N-dealkylation sites (tertiary alicyclic amines) is 1. The first-order valence-corrected chi connectivity index (χ1v) is 5.47. The lowest BCUT2D eigenvalue weighted by Gasteiger charge is -2.21. The summed E-state index contributed by atoms with van der Waals surface area (Å²) in [6, 6.07) is 0.358. The number of aliphatic hydroxyl groups excluding tert-OH is 1. The van der Waals surface area contributed by atoms with E-state index in [1.165, 1.54) is 0 Å². The van der Waals surface area contributed by atoms with Crippen LogP contribution in [-0.4, -0.2) is 34.2 Å². The first kappa shape index (κ1) is 9.12. The molecule has 3 nitrogen and oxygen atoms in total. The zero-order chi connectivity index (χ0) is 9.26. The lowest BCUT2D eigenvalue weighted by molar-refractivity contribution is 0.163. The molecular weight excluding hydrogens is 184 g/mol. The summed E-state index contributed by atoms with van der Waals surface area (Å²) in [6.45, 7) is 3.93. The molecule has 13 heavy (non-hydrogen) atoms. The first-order chi connectivity index (χ1) is 6.27. The molecule has 1 N–H and O–H groups in total. The molecule has 0 aromatic carbocycles. The number of aliphatic hydroxyl groups is 1. The van der Waals surface area contributed by atoms with Crippen LogP contribution < -0.4 is 0 Å². The molecule has 1 aromatic heterocycles.